The van der Waals surface area contributed by atoms with Gasteiger partial charge in [0.15, 0.2) is 0 Å². The van der Waals surface area contributed by atoms with Gasteiger partial charge in [0.1, 0.15) is 6.54 Å². The number of carboxylic acids is 1. The summed E-state index contributed by atoms with van der Waals surface area (Å²) in [5.74, 6) is -1.07. The number of nitriles is 1. The van der Waals surface area contributed by atoms with Gasteiger partial charge in [-0.3, -0.25) is 9.59 Å². The van der Waals surface area contributed by atoms with E-state index in [1.165, 1.54) is 0 Å². The molecule has 0 aliphatic carbocycles. The fourth-order valence-corrected chi connectivity index (χ4v) is 0.536. The summed E-state index contributed by atoms with van der Waals surface area (Å²) in [6.07, 6.45) is 0.581. The molecular weight excluding hydrogens is 148 g/mol. The van der Waals surface area contributed by atoms with Crippen LogP contribution in [-0.4, -0.2) is 35.5 Å². The van der Waals surface area contributed by atoms with Crippen LogP contribution in [0.2, 0.25) is 0 Å². The number of carboxylic acid groups (broad SMARTS) is 1. The third-order valence-corrected chi connectivity index (χ3v) is 0.998. The number of aliphatic carboxylic acids is 1. The number of carbonyl (C=O) groups excluding carboxylic acids is 1. The van der Waals surface area contributed by atoms with Crippen molar-refractivity contribution in [3.63, 3.8) is 0 Å². The molecule has 0 atom stereocenters. The van der Waals surface area contributed by atoms with Crippen LogP contribution < -0.4 is 0 Å². The zero-order chi connectivity index (χ0) is 8.69. The van der Waals surface area contributed by atoms with Crippen LogP contribution in [0.1, 0.15) is 6.42 Å². The molecule has 0 bridgehead atoms. The zero-order valence-electron chi connectivity index (χ0n) is 5.86. The first kappa shape index (κ1) is 9.43. The first-order chi connectivity index (χ1) is 5.20. The Bertz CT molecular complexity index is 185. The molecule has 1 amide bonds. The Labute approximate surface area is 63.8 Å². The lowest BCUT2D eigenvalue weighted by atomic mass is 10.4. The molecule has 0 unspecified atom stereocenters. The number of rotatable bonds is 5. The molecule has 0 saturated heterocycles. The van der Waals surface area contributed by atoms with Crippen LogP contribution in [0.3, 0.4) is 0 Å². The average Bonchev–Trinajstić information content (AvgIpc) is 1.97. The highest BCUT2D eigenvalue weighted by Crippen LogP contribution is 1.85. The summed E-state index contributed by atoms with van der Waals surface area (Å²) < 4.78 is 0. The lowest BCUT2D eigenvalue weighted by Crippen LogP contribution is -2.29. The molecule has 1 N–H and O–H groups in total. The van der Waals surface area contributed by atoms with Crippen molar-refractivity contribution >= 4 is 12.4 Å². The predicted molar refractivity (Wildman–Crippen MR) is 35.5 cm³/mol. The molecule has 0 aliphatic rings. The van der Waals surface area contributed by atoms with Crippen LogP contribution >= 0.6 is 0 Å². The van der Waals surface area contributed by atoms with Gasteiger partial charge in [0.2, 0.25) is 6.41 Å². The second-order valence-electron chi connectivity index (χ2n) is 1.88. The largest absolute Gasteiger partial charge is 0.480 e. The number of hydrogen-bond acceptors (Lipinski definition) is 3. The lowest BCUT2D eigenvalue weighted by Gasteiger charge is -2.11. The molecule has 60 valence electrons. The third kappa shape index (κ3) is 4.90. The molecule has 0 rings (SSSR count). The second kappa shape index (κ2) is 5.23. The molecular formula is C6H8N2O3. The van der Waals surface area contributed by atoms with Gasteiger partial charge in [-0.1, -0.05) is 0 Å². The number of nitrogens with zero attached hydrogens (tertiary/aromatic N) is 2. The number of amides is 1. The van der Waals surface area contributed by atoms with Gasteiger partial charge in [0.25, 0.3) is 0 Å². The maximum absolute atomic E-state index is 10.1. The summed E-state index contributed by atoms with van der Waals surface area (Å²) in [5.41, 5.74) is 0. The fraction of sp³-hybridized carbons (Fsp3) is 0.500. The number of hydrogen-bond donors (Lipinski definition) is 1. The number of carbonyl (C=O) groups is 2. The van der Waals surface area contributed by atoms with Crippen molar-refractivity contribution in [1.29, 1.82) is 5.26 Å². The molecule has 0 aromatic rings. The van der Waals surface area contributed by atoms with Gasteiger partial charge in [0.05, 0.1) is 12.5 Å². The molecule has 0 heterocycles. The first-order valence-corrected chi connectivity index (χ1v) is 2.98. The molecule has 0 aliphatic heterocycles. The van der Waals surface area contributed by atoms with Crippen molar-refractivity contribution in [1.82, 2.24) is 4.90 Å². The van der Waals surface area contributed by atoms with Crippen molar-refractivity contribution in [2.24, 2.45) is 0 Å². The quantitative estimate of drug-likeness (QED) is 0.541. The molecule has 0 radical (unpaired) electrons. The third-order valence-electron chi connectivity index (χ3n) is 0.998. The van der Waals surface area contributed by atoms with E-state index < -0.39 is 5.97 Å². The van der Waals surface area contributed by atoms with E-state index in [9.17, 15) is 9.59 Å². The maximum atomic E-state index is 10.1. The maximum Gasteiger partial charge on any atom is 0.323 e. The topological polar surface area (TPSA) is 81.4 Å². The Hall–Kier alpha value is -1.57. The fourth-order valence-electron chi connectivity index (χ4n) is 0.536. The highest BCUT2D eigenvalue weighted by molar-refractivity contribution is 5.71. The van der Waals surface area contributed by atoms with E-state index >= 15 is 0 Å². The Balaban J connectivity index is 3.68. The zero-order valence-corrected chi connectivity index (χ0v) is 5.86. The normalized spacial score (nSPS) is 8.27. The van der Waals surface area contributed by atoms with Crippen LogP contribution in [-0.2, 0) is 9.59 Å². The van der Waals surface area contributed by atoms with E-state index in [1.807, 2.05) is 6.07 Å². The smallest absolute Gasteiger partial charge is 0.323 e. The average molecular weight is 156 g/mol. The summed E-state index contributed by atoms with van der Waals surface area (Å²) >= 11 is 0. The first-order valence-electron chi connectivity index (χ1n) is 2.98. The van der Waals surface area contributed by atoms with Gasteiger partial charge in [-0.15, -0.1) is 0 Å². The van der Waals surface area contributed by atoms with Gasteiger partial charge < -0.3 is 10.0 Å². The SMILES string of the molecule is N#CCCN(C=O)CC(=O)O. The molecule has 5 heteroatoms. The highest BCUT2D eigenvalue weighted by atomic mass is 16.4. The minimum atomic E-state index is -1.07. The van der Waals surface area contributed by atoms with E-state index in [0.29, 0.717) is 6.41 Å². The van der Waals surface area contributed by atoms with Crippen LogP contribution in [0.4, 0.5) is 0 Å². The van der Waals surface area contributed by atoms with Gasteiger partial charge >= 0.3 is 5.97 Å². The van der Waals surface area contributed by atoms with Gasteiger partial charge in [-0.2, -0.15) is 5.26 Å². The summed E-state index contributed by atoms with van der Waals surface area (Å²) in [7, 11) is 0. The predicted octanol–water partition coefficient (Wildman–Crippen LogP) is -0.557. The summed E-state index contributed by atoms with van der Waals surface area (Å²) in [4.78, 5) is 21.2. The highest BCUT2D eigenvalue weighted by Gasteiger charge is 2.04. The molecule has 0 fully saturated rings. The second-order valence-corrected chi connectivity index (χ2v) is 1.88. The molecule has 5 nitrogen and oxygen atoms in total. The van der Waals surface area contributed by atoms with Crippen molar-refractivity contribution in [2.45, 2.75) is 6.42 Å². The summed E-state index contributed by atoms with van der Waals surface area (Å²) in [6.45, 7) is -0.169. The molecule has 0 aromatic carbocycles. The Morgan fingerprint density at radius 2 is 2.36 bits per heavy atom. The molecule has 11 heavy (non-hydrogen) atoms. The van der Waals surface area contributed by atoms with Crippen LogP contribution in [0, 0.1) is 11.3 Å². The standard InChI is InChI=1S/C6H8N2O3/c7-2-1-3-8(5-9)4-6(10)11/h5H,1,3-4H2,(H,10,11). The lowest BCUT2D eigenvalue weighted by molar-refractivity contribution is -0.140. The summed E-state index contributed by atoms with van der Waals surface area (Å²) in [6, 6.07) is 1.81. The monoisotopic (exact) mass is 156 g/mol. The van der Waals surface area contributed by atoms with Gasteiger partial charge in [-0.25, -0.2) is 0 Å². The Morgan fingerprint density at radius 3 is 2.73 bits per heavy atom. The minimum Gasteiger partial charge on any atom is -0.480 e. The van der Waals surface area contributed by atoms with Gasteiger partial charge in [0, 0.05) is 6.54 Å². The van der Waals surface area contributed by atoms with E-state index in [4.69, 9.17) is 10.4 Å². The van der Waals surface area contributed by atoms with E-state index in [1.54, 1.807) is 0 Å². The van der Waals surface area contributed by atoms with Crippen LogP contribution in [0.25, 0.3) is 0 Å². The van der Waals surface area contributed by atoms with Crippen molar-refractivity contribution in [2.75, 3.05) is 13.1 Å². The van der Waals surface area contributed by atoms with Crippen LogP contribution in [0.15, 0.2) is 0 Å². The molecule has 0 spiro atoms. The molecule has 0 aromatic heterocycles. The van der Waals surface area contributed by atoms with E-state index in [2.05, 4.69) is 0 Å². The van der Waals surface area contributed by atoms with Crippen molar-refractivity contribution < 1.29 is 14.7 Å². The summed E-state index contributed by atoms with van der Waals surface area (Å²) in [5, 5.41) is 16.3. The van der Waals surface area contributed by atoms with E-state index in [-0.39, 0.29) is 19.5 Å². The van der Waals surface area contributed by atoms with Crippen molar-refractivity contribution in [3.05, 3.63) is 0 Å². The van der Waals surface area contributed by atoms with Crippen LogP contribution in [0.5, 0.6) is 0 Å². The Kier molecular flexibility index (Phi) is 4.49. The molecule has 0 saturated carbocycles. The minimum absolute atomic E-state index is 0.159. The Morgan fingerprint density at radius 1 is 1.73 bits per heavy atom. The van der Waals surface area contributed by atoms with Gasteiger partial charge in [-0.05, 0) is 0 Å². The van der Waals surface area contributed by atoms with E-state index in [0.717, 1.165) is 4.90 Å². The van der Waals surface area contributed by atoms with Crippen molar-refractivity contribution in [3.8, 4) is 6.07 Å².